The van der Waals surface area contributed by atoms with Gasteiger partial charge in [-0.05, 0) is 40.0 Å². The van der Waals surface area contributed by atoms with Crippen molar-refractivity contribution in [2.24, 2.45) is 0 Å². The Kier molecular flexibility index (Phi) is 4.56. The van der Waals surface area contributed by atoms with Crippen molar-refractivity contribution in [2.75, 3.05) is 6.54 Å². The molecule has 2 N–H and O–H groups in total. The van der Waals surface area contributed by atoms with E-state index in [1.165, 1.54) is 0 Å². The lowest BCUT2D eigenvalue weighted by Crippen LogP contribution is -2.47. The molecule has 0 bridgehead atoms. The van der Waals surface area contributed by atoms with E-state index in [1.54, 1.807) is 0 Å². The SMILES string of the molecule is CCC(C)(O)CNC1CC(C)OC(C)C1. The van der Waals surface area contributed by atoms with Gasteiger partial charge in [-0.1, -0.05) is 6.92 Å². The summed E-state index contributed by atoms with van der Waals surface area (Å²) >= 11 is 0. The quantitative estimate of drug-likeness (QED) is 0.750. The van der Waals surface area contributed by atoms with Gasteiger partial charge < -0.3 is 15.2 Å². The third kappa shape index (κ3) is 4.49. The zero-order valence-corrected chi connectivity index (χ0v) is 10.4. The lowest BCUT2D eigenvalue weighted by atomic mass is 9.97. The highest BCUT2D eigenvalue weighted by Gasteiger charge is 2.26. The minimum Gasteiger partial charge on any atom is -0.389 e. The second-order valence-electron chi connectivity index (χ2n) is 5.16. The summed E-state index contributed by atoms with van der Waals surface area (Å²) in [5.41, 5.74) is -0.579. The van der Waals surface area contributed by atoms with E-state index in [1.807, 2.05) is 13.8 Å². The Morgan fingerprint density at radius 2 is 1.87 bits per heavy atom. The van der Waals surface area contributed by atoms with E-state index in [9.17, 15) is 5.11 Å². The van der Waals surface area contributed by atoms with E-state index in [0.717, 1.165) is 19.3 Å². The van der Waals surface area contributed by atoms with Crippen molar-refractivity contribution in [2.45, 2.75) is 70.8 Å². The largest absolute Gasteiger partial charge is 0.389 e. The topological polar surface area (TPSA) is 41.5 Å². The van der Waals surface area contributed by atoms with E-state index in [-0.39, 0.29) is 0 Å². The molecule has 3 unspecified atom stereocenters. The number of rotatable bonds is 4. The summed E-state index contributed by atoms with van der Waals surface area (Å²) in [6.45, 7) is 8.79. The molecule has 0 aromatic rings. The van der Waals surface area contributed by atoms with Crippen LogP contribution in [-0.4, -0.2) is 35.5 Å². The summed E-state index contributed by atoms with van der Waals surface area (Å²) in [5.74, 6) is 0. The van der Waals surface area contributed by atoms with Gasteiger partial charge in [0.1, 0.15) is 0 Å². The maximum Gasteiger partial charge on any atom is 0.0741 e. The fourth-order valence-corrected chi connectivity index (χ4v) is 2.06. The van der Waals surface area contributed by atoms with Gasteiger partial charge in [0, 0.05) is 12.6 Å². The van der Waals surface area contributed by atoms with Crippen LogP contribution in [-0.2, 0) is 4.74 Å². The van der Waals surface area contributed by atoms with Crippen LogP contribution in [0.5, 0.6) is 0 Å². The lowest BCUT2D eigenvalue weighted by Gasteiger charge is -2.34. The number of hydrogen-bond acceptors (Lipinski definition) is 3. The summed E-state index contributed by atoms with van der Waals surface area (Å²) in [7, 11) is 0. The predicted octanol–water partition coefficient (Wildman–Crippen LogP) is 1.69. The third-order valence-corrected chi connectivity index (χ3v) is 3.23. The van der Waals surface area contributed by atoms with Gasteiger partial charge >= 0.3 is 0 Å². The third-order valence-electron chi connectivity index (χ3n) is 3.23. The predicted molar refractivity (Wildman–Crippen MR) is 61.9 cm³/mol. The highest BCUT2D eigenvalue weighted by Crippen LogP contribution is 2.19. The average molecular weight is 215 g/mol. The zero-order chi connectivity index (χ0) is 11.5. The second kappa shape index (κ2) is 5.28. The van der Waals surface area contributed by atoms with Gasteiger partial charge in [0.2, 0.25) is 0 Å². The van der Waals surface area contributed by atoms with Crippen molar-refractivity contribution in [3.05, 3.63) is 0 Å². The summed E-state index contributed by atoms with van der Waals surface area (Å²) in [6, 6.07) is 0.488. The minimum absolute atomic E-state index is 0.331. The van der Waals surface area contributed by atoms with E-state index >= 15 is 0 Å². The second-order valence-corrected chi connectivity index (χ2v) is 5.16. The van der Waals surface area contributed by atoms with Crippen molar-refractivity contribution in [3.63, 3.8) is 0 Å². The van der Waals surface area contributed by atoms with Crippen LogP contribution in [0, 0.1) is 0 Å². The van der Waals surface area contributed by atoms with Gasteiger partial charge in [0.25, 0.3) is 0 Å². The average Bonchev–Trinajstić information content (AvgIpc) is 2.14. The summed E-state index contributed by atoms with van der Waals surface area (Å²) in [4.78, 5) is 0. The van der Waals surface area contributed by atoms with Crippen molar-refractivity contribution in [1.29, 1.82) is 0 Å². The van der Waals surface area contributed by atoms with Crippen LogP contribution in [0.25, 0.3) is 0 Å². The molecule has 3 nitrogen and oxygen atoms in total. The van der Waals surface area contributed by atoms with E-state index in [4.69, 9.17) is 4.74 Å². The summed E-state index contributed by atoms with van der Waals surface area (Å²) in [6.07, 6.45) is 3.54. The Balaban J connectivity index is 2.32. The normalized spacial score (nSPS) is 36.2. The van der Waals surface area contributed by atoms with Gasteiger partial charge in [-0.25, -0.2) is 0 Å². The Labute approximate surface area is 93.2 Å². The molecule has 0 amide bonds. The van der Waals surface area contributed by atoms with Gasteiger partial charge in [-0.3, -0.25) is 0 Å². The number of aliphatic hydroxyl groups is 1. The van der Waals surface area contributed by atoms with E-state index in [2.05, 4.69) is 19.2 Å². The molecule has 90 valence electrons. The molecule has 0 aromatic heterocycles. The molecule has 0 radical (unpaired) electrons. The fourth-order valence-electron chi connectivity index (χ4n) is 2.06. The first-order valence-corrected chi connectivity index (χ1v) is 6.04. The standard InChI is InChI=1S/C12H25NO2/c1-5-12(4,14)8-13-11-6-9(2)15-10(3)7-11/h9-11,13-14H,5-8H2,1-4H3. The lowest BCUT2D eigenvalue weighted by molar-refractivity contribution is -0.0461. The van der Waals surface area contributed by atoms with Crippen LogP contribution in [0.1, 0.15) is 47.0 Å². The van der Waals surface area contributed by atoms with Crippen LogP contribution in [0.4, 0.5) is 0 Å². The van der Waals surface area contributed by atoms with Crippen molar-refractivity contribution >= 4 is 0 Å². The molecule has 1 aliphatic rings. The highest BCUT2D eigenvalue weighted by molar-refractivity contribution is 4.82. The Hall–Kier alpha value is -0.120. The summed E-state index contributed by atoms with van der Waals surface area (Å²) < 4.78 is 5.67. The first-order valence-electron chi connectivity index (χ1n) is 6.04. The van der Waals surface area contributed by atoms with E-state index in [0.29, 0.717) is 24.8 Å². The maximum atomic E-state index is 9.89. The molecule has 3 atom stereocenters. The molecule has 3 heteroatoms. The first kappa shape index (κ1) is 12.9. The molecule has 0 aromatic carbocycles. The molecule has 1 rings (SSSR count). The van der Waals surface area contributed by atoms with Gasteiger partial charge in [0.15, 0.2) is 0 Å². The smallest absolute Gasteiger partial charge is 0.0741 e. The maximum absolute atomic E-state index is 9.89. The van der Waals surface area contributed by atoms with Crippen molar-refractivity contribution < 1.29 is 9.84 Å². The molecule has 15 heavy (non-hydrogen) atoms. The fraction of sp³-hybridized carbons (Fsp3) is 1.00. The van der Waals surface area contributed by atoms with Crippen LogP contribution in [0.15, 0.2) is 0 Å². The molecule has 0 saturated carbocycles. The van der Waals surface area contributed by atoms with Gasteiger partial charge in [0.05, 0.1) is 17.8 Å². The van der Waals surface area contributed by atoms with Crippen LogP contribution >= 0.6 is 0 Å². The summed E-state index contributed by atoms with van der Waals surface area (Å²) in [5, 5.41) is 13.3. The molecule has 1 heterocycles. The van der Waals surface area contributed by atoms with Crippen molar-refractivity contribution in [3.8, 4) is 0 Å². The van der Waals surface area contributed by atoms with Gasteiger partial charge in [-0.15, -0.1) is 0 Å². The van der Waals surface area contributed by atoms with E-state index < -0.39 is 5.60 Å². The molecular weight excluding hydrogens is 190 g/mol. The highest BCUT2D eigenvalue weighted by atomic mass is 16.5. The van der Waals surface area contributed by atoms with Crippen LogP contribution in [0.2, 0.25) is 0 Å². The van der Waals surface area contributed by atoms with Crippen LogP contribution < -0.4 is 5.32 Å². The number of ether oxygens (including phenoxy) is 1. The molecule has 0 spiro atoms. The first-order chi connectivity index (χ1) is 6.93. The number of hydrogen-bond donors (Lipinski definition) is 2. The minimum atomic E-state index is -0.579. The molecule has 1 saturated heterocycles. The van der Waals surface area contributed by atoms with Crippen molar-refractivity contribution in [1.82, 2.24) is 5.32 Å². The molecule has 1 aliphatic heterocycles. The Morgan fingerprint density at radius 1 is 1.33 bits per heavy atom. The molecule has 1 fully saturated rings. The number of nitrogens with one attached hydrogen (secondary N) is 1. The van der Waals surface area contributed by atoms with Gasteiger partial charge in [-0.2, -0.15) is 0 Å². The monoisotopic (exact) mass is 215 g/mol. The van der Waals surface area contributed by atoms with Crippen LogP contribution in [0.3, 0.4) is 0 Å². The Morgan fingerprint density at radius 3 is 2.33 bits per heavy atom. The zero-order valence-electron chi connectivity index (χ0n) is 10.4. The molecular formula is C12H25NO2. The Bertz CT molecular complexity index is 184. The molecule has 0 aliphatic carbocycles.